The maximum Gasteiger partial charge on any atom is 0.187 e. The summed E-state index contributed by atoms with van der Waals surface area (Å²) in [7, 11) is 0. The van der Waals surface area contributed by atoms with Crippen molar-refractivity contribution in [1.82, 2.24) is 10.7 Å². The van der Waals surface area contributed by atoms with E-state index in [0.29, 0.717) is 5.11 Å². The fourth-order valence-corrected chi connectivity index (χ4v) is 2.28. The van der Waals surface area contributed by atoms with Crippen molar-refractivity contribution in [2.24, 2.45) is 5.10 Å². The average Bonchev–Trinajstić information content (AvgIpc) is 2.50. The van der Waals surface area contributed by atoms with Crippen LogP contribution < -0.4 is 15.6 Å². The first-order valence-corrected chi connectivity index (χ1v) is 7.70. The van der Waals surface area contributed by atoms with E-state index in [-0.39, 0.29) is 0 Å². The summed E-state index contributed by atoms with van der Waals surface area (Å²) < 4.78 is 5.33. The quantitative estimate of drug-likeness (QED) is 0.397. The Bertz CT molecular complexity index is 469. The van der Waals surface area contributed by atoms with Crippen molar-refractivity contribution < 1.29 is 9.64 Å². The molecule has 21 heavy (non-hydrogen) atoms. The number of ether oxygens (including phenoxy) is 1. The number of benzene rings is 1. The molecule has 3 N–H and O–H groups in total. The van der Waals surface area contributed by atoms with Crippen LogP contribution in [-0.2, 0) is 4.74 Å². The van der Waals surface area contributed by atoms with Gasteiger partial charge in [0.2, 0.25) is 0 Å². The molecular weight excluding hydrogens is 284 g/mol. The maximum atomic E-state index is 5.33. The molecule has 1 aromatic carbocycles. The molecule has 1 heterocycles. The van der Waals surface area contributed by atoms with E-state index < -0.39 is 0 Å². The van der Waals surface area contributed by atoms with E-state index in [0.717, 1.165) is 45.0 Å². The molecule has 5 nitrogen and oxygen atoms in total. The smallest absolute Gasteiger partial charge is 0.187 e. The lowest BCUT2D eigenvalue weighted by Crippen LogP contribution is -3.14. The van der Waals surface area contributed by atoms with Gasteiger partial charge in [0.15, 0.2) is 5.11 Å². The Labute approximate surface area is 131 Å². The van der Waals surface area contributed by atoms with Crippen molar-refractivity contribution in [2.45, 2.75) is 6.92 Å². The number of rotatable bonds is 5. The van der Waals surface area contributed by atoms with Gasteiger partial charge in [-0.05, 0) is 24.7 Å². The monoisotopic (exact) mass is 307 g/mol. The van der Waals surface area contributed by atoms with Crippen molar-refractivity contribution in [3.05, 3.63) is 35.4 Å². The highest BCUT2D eigenvalue weighted by atomic mass is 32.1. The minimum atomic E-state index is 0.561. The molecule has 1 aliphatic rings. The third-order valence-electron chi connectivity index (χ3n) is 3.42. The molecule has 6 heteroatoms. The van der Waals surface area contributed by atoms with Crippen LogP contribution in [0.2, 0.25) is 0 Å². The molecule has 1 saturated heterocycles. The van der Waals surface area contributed by atoms with Gasteiger partial charge in [-0.25, -0.2) is 0 Å². The van der Waals surface area contributed by atoms with Crippen LogP contribution in [0.15, 0.2) is 29.4 Å². The molecule has 2 rings (SSSR count). The van der Waals surface area contributed by atoms with Crippen LogP contribution in [0, 0.1) is 6.92 Å². The summed E-state index contributed by atoms with van der Waals surface area (Å²) in [4.78, 5) is 1.56. The standard InChI is InChI=1S/C15H22N4OS/c1-13-2-4-14(5-3-13)12-17-18-15(21)16-6-7-19-8-10-20-11-9-19/h2-5,12H,6-11H2,1H3,(H2,16,18,21)/p+1/b17-12-. The zero-order valence-electron chi connectivity index (χ0n) is 12.4. The summed E-state index contributed by atoms with van der Waals surface area (Å²) in [6.07, 6.45) is 1.76. The van der Waals surface area contributed by atoms with E-state index in [2.05, 4.69) is 34.9 Å². The van der Waals surface area contributed by atoms with Crippen LogP contribution in [0.3, 0.4) is 0 Å². The van der Waals surface area contributed by atoms with Gasteiger partial charge in [-0.1, -0.05) is 29.8 Å². The molecule has 0 aliphatic carbocycles. The van der Waals surface area contributed by atoms with Gasteiger partial charge in [0, 0.05) is 0 Å². The van der Waals surface area contributed by atoms with Gasteiger partial charge >= 0.3 is 0 Å². The number of nitrogens with one attached hydrogen (secondary N) is 3. The summed E-state index contributed by atoms with van der Waals surface area (Å²) in [6, 6.07) is 8.17. The molecule has 0 unspecified atom stereocenters. The molecule has 114 valence electrons. The Hall–Kier alpha value is -1.50. The van der Waals surface area contributed by atoms with Gasteiger partial charge in [-0.15, -0.1) is 0 Å². The van der Waals surface area contributed by atoms with E-state index in [1.54, 1.807) is 11.1 Å². The number of quaternary nitrogens is 1. The summed E-state index contributed by atoms with van der Waals surface area (Å²) in [5, 5.41) is 7.86. The summed E-state index contributed by atoms with van der Waals surface area (Å²) >= 11 is 5.19. The zero-order valence-corrected chi connectivity index (χ0v) is 13.2. The van der Waals surface area contributed by atoms with Crippen molar-refractivity contribution in [3.63, 3.8) is 0 Å². The predicted molar refractivity (Wildman–Crippen MR) is 88.9 cm³/mol. The van der Waals surface area contributed by atoms with Crippen molar-refractivity contribution in [2.75, 3.05) is 39.4 Å². The summed E-state index contributed by atoms with van der Waals surface area (Å²) in [5.74, 6) is 0. The lowest BCUT2D eigenvalue weighted by Gasteiger charge is -2.23. The number of hydrogen-bond donors (Lipinski definition) is 3. The number of nitrogens with zero attached hydrogens (tertiary/aromatic N) is 1. The molecule has 0 atom stereocenters. The number of hydrazone groups is 1. The first-order chi connectivity index (χ1) is 10.2. The predicted octanol–water partition coefficient (Wildman–Crippen LogP) is -0.292. The molecule has 0 radical (unpaired) electrons. The lowest BCUT2D eigenvalue weighted by atomic mass is 10.2. The van der Waals surface area contributed by atoms with Gasteiger partial charge in [0.25, 0.3) is 0 Å². The fraction of sp³-hybridized carbons (Fsp3) is 0.467. The molecule has 1 aromatic rings. The first-order valence-electron chi connectivity index (χ1n) is 7.29. The maximum absolute atomic E-state index is 5.33. The molecular formula is C15H23N4OS+. The van der Waals surface area contributed by atoms with E-state index in [4.69, 9.17) is 17.0 Å². The highest BCUT2D eigenvalue weighted by Gasteiger charge is 2.12. The minimum Gasteiger partial charge on any atom is -0.370 e. The Morgan fingerprint density at radius 2 is 2.05 bits per heavy atom. The van der Waals surface area contributed by atoms with Crippen molar-refractivity contribution in [1.29, 1.82) is 0 Å². The van der Waals surface area contributed by atoms with E-state index in [1.807, 2.05) is 12.1 Å². The van der Waals surface area contributed by atoms with E-state index in [1.165, 1.54) is 5.56 Å². The molecule has 0 aromatic heterocycles. The van der Waals surface area contributed by atoms with Crippen LogP contribution in [0.4, 0.5) is 0 Å². The largest absolute Gasteiger partial charge is 0.370 e. The molecule has 0 amide bonds. The lowest BCUT2D eigenvalue weighted by molar-refractivity contribution is -0.906. The molecule has 1 fully saturated rings. The molecule has 0 saturated carbocycles. The normalized spacial score (nSPS) is 16.0. The Morgan fingerprint density at radius 1 is 1.33 bits per heavy atom. The number of hydrogen-bond acceptors (Lipinski definition) is 3. The molecule has 0 spiro atoms. The topological polar surface area (TPSA) is 50.1 Å². The number of morpholine rings is 1. The van der Waals surface area contributed by atoms with E-state index in [9.17, 15) is 0 Å². The number of aryl methyl sites for hydroxylation is 1. The Morgan fingerprint density at radius 3 is 2.76 bits per heavy atom. The van der Waals surface area contributed by atoms with Crippen LogP contribution in [-0.4, -0.2) is 50.7 Å². The number of thiocarbonyl (C=S) groups is 1. The van der Waals surface area contributed by atoms with Gasteiger partial charge < -0.3 is 15.0 Å². The van der Waals surface area contributed by atoms with Crippen molar-refractivity contribution in [3.8, 4) is 0 Å². The molecule has 1 aliphatic heterocycles. The van der Waals surface area contributed by atoms with Gasteiger partial charge in [0.05, 0.1) is 32.5 Å². The minimum absolute atomic E-state index is 0.561. The highest BCUT2D eigenvalue weighted by Crippen LogP contribution is 1.99. The third kappa shape index (κ3) is 6.20. The van der Waals surface area contributed by atoms with Gasteiger partial charge in [-0.2, -0.15) is 5.10 Å². The average molecular weight is 307 g/mol. The summed E-state index contributed by atoms with van der Waals surface area (Å²) in [5.41, 5.74) is 5.13. The molecule has 0 bridgehead atoms. The first kappa shape index (κ1) is 15.9. The van der Waals surface area contributed by atoms with Crippen LogP contribution >= 0.6 is 12.2 Å². The van der Waals surface area contributed by atoms with Crippen LogP contribution in [0.25, 0.3) is 0 Å². The second-order valence-corrected chi connectivity index (χ2v) is 5.56. The SMILES string of the molecule is Cc1ccc(/C=N\NC(=S)NCC[NH+]2CCOCC2)cc1. The van der Waals surface area contributed by atoms with E-state index >= 15 is 0 Å². The second kappa shape index (κ2) is 8.71. The third-order valence-corrected chi connectivity index (χ3v) is 3.66. The fourth-order valence-electron chi connectivity index (χ4n) is 2.12. The zero-order chi connectivity index (χ0) is 14.9. The second-order valence-electron chi connectivity index (χ2n) is 5.15. The van der Waals surface area contributed by atoms with Gasteiger partial charge in [0.1, 0.15) is 13.1 Å². The van der Waals surface area contributed by atoms with Crippen LogP contribution in [0.1, 0.15) is 11.1 Å². The Kier molecular flexibility index (Phi) is 6.59. The highest BCUT2D eigenvalue weighted by molar-refractivity contribution is 7.80. The summed E-state index contributed by atoms with van der Waals surface area (Å²) in [6.45, 7) is 7.83. The van der Waals surface area contributed by atoms with Gasteiger partial charge in [-0.3, -0.25) is 5.43 Å². The Balaban J connectivity index is 1.61. The van der Waals surface area contributed by atoms with Crippen molar-refractivity contribution >= 4 is 23.5 Å². The van der Waals surface area contributed by atoms with Crippen LogP contribution in [0.5, 0.6) is 0 Å².